The van der Waals surface area contributed by atoms with Crippen LogP contribution in [0, 0.1) is 6.92 Å². The zero-order valence-electron chi connectivity index (χ0n) is 12.6. The number of sulfone groups is 1. The van der Waals surface area contributed by atoms with E-state index in [-0.39, 0.29) is 17.5 Å². The van der Waals surface area contributed by atoms with Gasteiger partial charge in [0, 0.05) is 6.61 Å². The molecule has 6 nitrogen and oxygen atoms in total. The number of aryl methyl sites for hydroxylation is 1. The highest BCUT2D eigenvalue weighted by atomic mass is 32.2. The second-order valence-electron chi connectivity index (χ2n) is 5.20. The third-order valence-corrected chi connectivity index (χ3v) is 5.12. The minimum atomic E-state index is -3.46. The first kappa shape index (κ1) is 16.6. The van der Waals surface area contributed by atoms with Crippen LogP contribution in [0.1, 0.15) is 30.7 Å². The second kappa shape index (κ2) is 7.51. The average Bonchev–Trinajstić information content (AvgIpc) is 2.87. The van der Waals surface area contributed by atoms with Crippen molar-refractivity contribution in [3.05, 3.63) is 41.7 Å². The molecule has 0 spiro atoms. The molecule has 2 rings (SSSR count). The molecule has 0 aliphatic carbocycles. The first-order chi connectivity index (χ1) is 10.5. The van der Waals surface area contributed by atoms with Gasteiger partial charge in [0.2, 0.25) is 15.0 Å². The van der Waals surface area contributed by atoms with E-state index in [1.165, 1.54) is 0 Å². The van der Waals surface area contributed by atoms with Crippen molar-refractivity contribution in [3.8, 4) is 0 Å². The number of aliphatic hydroxyl groups excluding tert-OH is 1. The summed E-state index contributed by atoms with van der Waals surface area (Å²) in [4.78, 5) is 0. The summed E-state index contributed by atoms with van der Waals surface area (Å²) in [6.07, 6.45) is 1.81. The molecule has 0 fully saturated rings. The van der Waals surface area contributed by atoms with Gasteiger partial charge < -0.3 is 5.11 Å². The third-order valence-electron chi connectivity index (χ3n) is 3.43. The van der Waals surface area contributed by atoms with Crippen LogP contribution in [0.15, 0.2) is 35.5 Å². The van der Waals surface area contributed by atoms with Gasteiger partial charge in [-0.3, -0.25) is 4.57 Å². The van der Waals surface area contributed by atoms with Crippen LogP contribution in [-0.2, 0) is 16.4 Å². The van der Waals surface area contributed by atoms with E-state index in [4.69, 9.17) is 5.11 Å². The van der Waals surface area contributed by atoms with E-state index in [1.54, 1.807) is 11.5 Å². The second-order valence-corrected chi connectivity index (χ2v) is 7.21. The van der Waals surface area contributed by atoms with E-state index in [0.29, 0.717) is 31.6 Å². The summed E-state index contributed by atoms with van der Waals surface area (Å²) in [6.45, 7) is 2.27. The van der Waals surface area contributed by atoms with Crippen LogP contribution in [0.3, 0.4) is 0 Å². The van der Waals surface area contributed by atoms with Crippen molar-refractivity contribution in [1.29, 1.82) is 0 Å². The summed E-state index contributed by atoms with van der Waals surface area (Å²) in [5.41, 5.74) is 1.00. The number of unbranched alkanes of at least 4 members (excludes halogenated alkanes) is 2. The Kier molecular flexibility index (Phi) is 5.68. The van der Waals surface area contributed by atoms with Crippen LogP contribution in [0.4, 0.5) is 0 Å². The summed E-state index contributed by atoms with van der Waals surface area (Å²) >= 11 is 0. The smallest absolute Gasteiger partial charge is 0.250 e. The van der Waals surface area contributed by atoms with Gasteiger partial charge in [-0.1, -0.05) is 36.8 Å². The van der Waals surface area contributed by atoms with E-state index in [1.807, 2.05) is 30.3 Å². The van der Waals surface area contributed by atoms with Crippen LogP contribution in [0.5, 0.6) is 0 Å². The molecule has 0 aliphatic heterocycles. The molecule has 22 heavy (non-hydrogen) atoms. The molecule has 0 saturated carbocycles. The number of nitrogens with zero attached hydrogens (tertiary/aromatic N) is 3. The fraction of sp³-hybridized carbons (Fsp3) is 0.467. The molecule has 0 radical (unpaired) electrons. The topological polar surface area (TPSA) is 85.1 Å². The molecule has 0 atom stereocenters. The molecule has 1 heterocycles. The summed E-state index contributed by atoms with van der Waals surface area (Å²) in [6, 6.07) is 9.63. The maximum atomic E-state index is 12.4. The molecule has 1 N–H and O–H groups in total. The van der Waals surface area contributed by atoms with Crippen molar-refractivity contribution in [2.45, 2.75) is 37.9 Å². The number of hydrogen-bond acceptors (Lipinski definition) is 5. The van der Waals surface area contributed by atoms with Crippen molar-refractivity contribution in [3.63, 3.8) is 0 Å². The fourth-order valence-electron chi connectivity index (χ4n) is 2.21. The molecular formula is C15H21N3O3S. The molecule has 1 aromatic carbocycles. The van der Waals surface area contributed by atoms with Gasteiger partial charge in [-0.25, -0.2) is 8.42 Å². The molecule has 7 heteroatoms. The van der Waals surface area contributed by atoms with Crippen molar-refractivity contribution in [2.75, 3.05) is 12.4 Å². The standard InChI is InChI=1S/C15H21N3O3S/c1-13-16-17-15(22(20,21)11-7-3-6-10-19)18(13)12-14-8-4-2-5-9-14/h2,4-5,8-9,19H,3,6-7,10-12H2,1H3. The fourth-order valence-corrected chi connectivity index (χ4v) is 3.68. The lowest BCUT2D eigenvalue weighted by molar-refractivity contribution is 0.284. The quantitative estimate of drug-likeness (QED) is 0.745. The Bertz CT molecular complexity index is 696. The van der Waals surface area contributed by atoms with Gasteiger partial charge >= 0.3 is 0 Å². The van der Waals surface area contributed by atoms with Crippen LogP contribution >= 0.6 is 0 Å². The van der Waals surface area contributed by atoms with Gasteiger partial charge in [-0.15, -0.1) is 10.2 Å². The molecule has 0 bridgehead atoms. The maximum absolute atomic E-state index is 12.4. The average molecular weight is 323 g/mol. The first-order valence-electron chi connectivity index (χ1n) is 7.32. The molecule has 1 aromatic heterocycles. The highest BCUT2D eigenvalue weighted by Crippen LogP contribution is 2.15. The van der Waals surface area contributed by atoms with Gasteiger partial charge in [-0.2, -0.15) is 0 Å². The molecule has 120 valence electrons. The first-order valence-corrected chi connectivity index (χ1v) is 8.97. The Morgan fingerprint density at radius 3 is 2.50 bits per heavy atom. The predicted molar refractivity (Wildman–Crippen MR) is 83.3 cm³/mol. The normalized spacial score (nSPS) is 11.7. The van der Waals surface area contributed by atoms with Gasteiger partial charge in [0.1, 0.15) is 5.82 Å². The highest BCUT2D eigenvalue weighted by Gasteiger charge is 2.23. The largest absolute Gasteiger partial charge is 0.396 e. The zero-order chi connectivity index (χ0) is 16.0. The number of aliphatic hydroxyl groups is 1. The summed E-state index contributed by atoms with van der Waals surface area (Å²) in [7, 11) is -3.46. The Hall–Kier alpha value is -1.73. The zero-order valence-corrected chi connectivity index (χ0v) is 13.5. The van der Waals surface area contributed by atoms with E-state index >= 15 is 0 Å². The van der Waals surface area contributed by atoms with Crippen molar-refractivity contribution in [2.24, 2.45) is 0 Å². The van der Waals surface area contributed by atoms with E-state index in [9.17, 15) is 8.42 Å². The SMILES string of the molecule is Cc1nnc(S(=O)(=O)CCCCCO)n1Cc1ccccc1. The number of aromatic nitrogens is 3. The van der Waals surface area contributed by atoms with Gasteiger partial charge in [0.15, 0.2) is 0 Å². The van der Waals surface area contributed by atoms with Gasteiger partial charge in [0.05, 0.1) is 12.3 Å². The Morgan fingerprint density at radius 2 is 1.82 bits per heavy atom. The van der Waals surface area contributed by atoms with Crippen molar-refractivity contribution < 1.29 is 13.5 Å². The van der Waals surface area contributed by atoms with Crippen molar-refractivity contribution in [1.82, 2.24) is 14.8 Å². The van der Waals surface area contributed by atoms with Crippen LogP contribution in [0.2, 0.25) is 0 Å². The maximum Gasteiger partial charge on any atom is 0.250 e. The predicted octanol–water partition coefficient (Wildman–Crippen LogP) is 1.57. The number of hydrogen-bond donors (Lipinski definition) is 1. The minimum Gasteiger partial charge on any atom is -0.396 e. The van der Waals surface area contributed by atoms with Crippen LogP contribution < -0.4 is 0 Å². The van der Waals surface area contributed by atoms with Crippen LogP contribution in [-0.4, -0.2) is 40.6 Å². The molecule has 0 unspecified atom stereocenters. The van der Waals surface area contributed by atoms with E-state index in [0.717, 1.165) is 5.56 Å². The van der Waals surface area contributed by atoms with Gasteiger partial charge in [0.25, 0.3) is 0 Å². The lowest BCUT2D eigenvalue weighted by Gasteiger charge is -2.09. The Morgan fingerprint density at radius 1 is 1.09 bits per heavy atom. The number of benzene rings is 1. The molecule has 0 amide bonds. The van der Waals surface area contributed by atoms with E-state index < -0.39 is 9.84 Å². The summed E-state index contributed by atoms with van der Waals surface area (Å²) in [5, 5.41) is 16.5. The summed E-state index contributed by atoms with van der Waals surface area (Å²) in [5.74, 6) is 0.609. The lowest BCUT2D eigenvalue weighted by Crippen LogP contribution is -2.16. The monoisotopic (exact) mass is 323 g/mol. The lowest BCUT2D eigenvalue weighted by atomic mass is 10.2. The third kappa shape index (κ3) is 4.14. The molecule has 0 aliphatic rings. The minimum absolute atomic E-state index is 0.0258. The van der Waals surface area contributed by atoms with E-state index in [2.05, 4.69) is 10.2 Å². The Balaban J connectivity index is 2.18. The van der Waals surface area contributed by atoms with Crippen molar-refractivity contribution >= 4 is 9.84 Å². The van der Waals surface area contributed by atoms with Crippen LogP contribution in [0.25, 0.3) is 0 Å². The number of rotatable bonds is 8. The molecular weight excluding hydrogens is 302 g/mol. The molecule has 0 saturated heterocycles. The molecule has 2 aromatic rings. The Labute approximate surface area is 130 Å². The summed E-state index contributed by atoms with van der Waals surface area (Å²) < 4.78 is 26.5. The highest BCUT2D eigenvalue weighted by molar-refractivity contribution is 7.91. The van der Waals surface area contributed by atoms with Gasteiger partial charge in [-0.05, 0) is 25.3 Å².